The Labute approximate surface area is 325 Å². The van der Waals surface area contributed by atoms with Crippen LogP contribution in [-0.2, 0) is 25.5 Å². The first kappa shape index (κ1) is 37.3. The second kappa shape index (κ2) is 14.5. The van der Waals surface area contributed by atoms with Crippen LogP contribution in [0.5, 0.6) is 0 Å². The second-order valence-corrected chi connectivity index (χ2v) is 16.1. The number of hydrogen-bond donors (Lipinski definition) is 0. The van der Waals surface area contributed by atoms with E-state index < -0.39 is 0 Å². The van der Waals surface area contributed by atoms with Crippen LogP contribution in [0.2, 0.25) is 0 Å². The Bertz CT molecular complexity index is 2560. The first-order valence-corrected chi connectivity index (χ1v) is 18.4. The molecule has 0 atom stereocenters. The van der Waals surface area contributed by atoms with E-state index in [1.807, 2.05) is 35.9 Å². The number of rotatable bonds is 3. The molecule has 4 aromatic carbocycles. The van der Waals surface area contributed by atoms with Crippen LogP contribution in [0, 0.1) is 60.6 Å². The number of furan rings is 1. The van der Waals surface area contributed by atoms with Gasteiger partial charge < -0.3 is 14.4 Å². The number of benzene rings is 4. The third-order valence-electron chi connectivity index (χ3n) is 10.1. The van der Waals surface area contributed by atoms with Crippen LogP contribution in [0.4, 0.5) is 0 Å². The Morgan fingerprint density at radius 3 is 2.08 bits per heavy atom. The zero-order chi connectivity index (χ0) is 36.2. The van der Waals surface area contributed by atoms with E-state index in [0.717, 1.165) is 44.5 Å². The van der Waals surface area contributed by atoms with Gasteiger partial charge in [-0.1, -0.05) is 80.6 Å². The molecule has 0 N–H and O–H groups in total. The van der Waals surface area contributed by atoms with Crippen molar-refractivity contribution < 1.29 is 24.5 Å². The maximum absolute atomic E-state index is 6.66. The molecule has 0 aliphatic heterocycles. The molecule has 52 heavy (non-hydrogen) atoms. The molecule has 0 unspecified atom stereocenters. The van der Waals surface area contributed by atoms with Gasteiger partial charge >= 0.3 is 0 Å². The van der Waals surface area contributed by atoms with Gasteiger partial charge in [0.15, 0.2) is 0 Å². The van der Waals surface area contributed by atoms with Crippen LogP contribution in [0.25, 0.3) is 65.7 Å². The summed E-state index contributed by atoms with van der Waals surface area (Å²) >= 11 is 1.83. The fourth-order valence-corrected chi connectivity index (χ4v) is 7.99. The number of nitrogens with zero attached hydrogens (tertiary/aromatic N) is 2. The number of fused-ring (bicyclic) bond motifs is 5. The summed E-state index contributed by atoms with van der Waals surface area (Å²) in [5.41, 5.74) is 17.0. The molecule has 0 saturated carbocycles. The van der Waals surface area contributed by atoms with Crippen LogP contribution in [0.3, 0.4) is 0 Å². The van der Waals surface area contributed by atoms with Gasteiger partial charge in [-0.05, 0) is 97.8 Å². The van der Waals surface area contributed by atoms with Crippen molar-refractivity contribution in [3.63, 3.8) is 0 Å². The molecule has 0 fully saturated rings. The fourth-order valence-electron chi connectivity index (χ4n) is 6.92. The number of thiophene rings is 1. The van der Waals surface area contributed by atoms with E-state index in [1.54, 1.807) is 0 Å². The molecule has 5 heteroatoms. The quantitative estimate of drug-likeness (QED) is 0.166. The molecular weight excluding hydrogens is 833 g/mol. The molecule has 0 spiro atoms. The molecule has 0 amide bonds. The molecule has 8 aromatic rings. The van der Waals surface area contributed by atoms with Crippen LogP contribution in [0.1, 0.15) is 64.6 Å². The SMILES string of the molecule is Cc1c[c-]c(-c2cc(C)c(C)cn2)cc1.Cc1cccc(C)c1-c1cnc(-c2[c-]ccc3c2oc2c3ccc3sc(C)c(C)c32)cc1C(C)(C)C.[Ir]. The minimum Gasteiger partial charge on any atom is -0.500 e. The van der Waals surface area contributed by atoms with E-state index in [0.29, 0.717) is 0 Å². The average molecular weight is 877 g/mol. The minimum atomic E-state index is -0.0546. The molecule has 265 valence electrons. The van der Waals surface area contributed by atoms with Crippen molar-refractivity contribution in [3.8, 4) is 33.6 Å². The van der Waals surface area contributed by atoms with Gasteiger partial charge in [-0.3, -0.25) is 0 Å². The summed E-state index contributed by atoms with van der Waals surface area (Å²) in [7, 11) is 0. The third-order valence-corrected chi connectivity index (χ3v) is 11.2. The molecular formula is C47H44IrN2OS-2. The van der Waals surface area contributed by atoms with E-state index in [4.69, 9.17) is 9.40 Å². The molecule has 3 nitrogen and oxygen atoms in total. The van der Waals surface area contributed by atoms with Gasteiger partial charge in [-0.15, -0.1) is 64.9 Å². The summed E-state index contributed by atoms with van der Waals surface area (Å²) in [6.45, 7) is 21.8. The van der Waals surface area contributed by atoms with Gasteiger partial charge in [-0.2, -0.15) is 0 Å². The normalized spacial score (nSPS) is 11.5. The Balaban J connectivity index is 0.000000244. The number of hydrogen-bond acceptors (Lipinski definition) is 4. The minimum absolute atomic E-state index is 0. The third kappa shape index (κ3) is 6.90. The molecule has 4 heterocycles. The van der Waals surface area contributed by atoms with Crippen LogP contribution < -0.4 is 0 Å². The molecule has 0 bridgehead atoms. The van der Waals surface area contributed by atoms with Gasteiger partial charge in [0.05, 0.1) is 5.58 Å². The van der Waals surface area contributed by atoms with Crippen molar-refractivity contribution in [1.82, 2.24) is 9.97 Å². The molecule has 1 radical (unpaired) electrons. The summed E-state index contributed by atoms with van der Waals surface area (Å²) in [6, 6.07) is 32.2. The first-order chi connectivity index (χ1) is 24.3. The van der Waals surface area contributed by atoms with Crippen molar-refractivity contribution in [2.45, 2.75) is 74.7 Å². The van der Waals surface area contributed by atoms with Crippen molar-refractivity contribution in [1.29, 1.82) is 0 Å². The number of pyridine rings is 2. The zero-order valence-corrected chi connectivity index (χ0v) is 34.8. The summed E-state index contributed by atoms with van der Waals surface area (Å²) in [5, 5.41) is 3.49. The predicted octanol–water partition coefficient (Wildman–Crippen LogP) is 13.3. The second-order valence-electron chi connectivity index (χ2n) is 14.9. The van der Waals surface area contributed by atoms with Gasteiger partial charge in [-0.25, -0.2) is 0 Å². The van der Waals surface area contributed by atoms with E-state index in [9.17, 15) is 0 Å². The van der Waals surface area contributed by atoms with E-state index in [-0.39, 0.29) is 25.5 Å². The first-order valence-electron chi connectivity index (χ1n) is 17.6. The van der Waals surface area contributed by atoms with Crippen LogP contribution in [0.15, 0.2) is 89.6 Å². The predicted molar refractivity (Wildman–Crippen MR) is 217 cm³/mol. The summed E-state index contributed by atoms with van der Waals surface area (Å²) in [5.74, 6) is 0. The van der Waals surface area contributed by atoms with Crippen molar-refractivity contribution in [2.24, 2.45) is 0 Å². The van der Waals surface area contributed by atoms with Crippen LogP contribution >= 0.6 is 11.3 Å². The van der Waals surface area contributed by atoms with Crippen LogP contribution in [-0.4, -0.2) is 9.97 Å². The molecule has 0 aliphatic carbocycles. The standard InChI is InChI=1S/C33H30NOS.C14H14N.Ir/c1-18-10-8-11-19(2)29(18)25-17-34-27(16-26(25)33(5,6)7)24-13-9-12-22-23-14-15-28-30(20(3)21(4)36-28)32(23)35-31(22)24;1-10-4-6-13(7-5-10)14-8-11(2)12(3)9-15-14;/h8-12,14-17H,1-7H3;4-6,8-9H,1-3H3;/q2*-1;. The molecule has 0 saturated heterocycles. The van der Waals surface area contributed by atoms with Crippen molar-refractivity contribution >= 4 is 43.4 Å². The smallest absolute Gasteiger partial charge is 0.129 e. The van der Waals surface area contributed by atoms with E-state index >= 15 is 0 Å². The fraction of sp³-hybridized carbons (Fsp3) is 0.234. The Morgan fingerprint density at radius 1 is 0.692 bits per heavy atom. The van der Waals surface area contributed by atoms with Crippen molar-refractivity contribution in [3.05, 3.63) is 141 Å². The topological polar surface area (TPSA) is 38.9 Å². The monoisotopic (exact) mass is 877 g/mol. The van der Waals surface area contributed by atoms with Gasteiger partial charge in [0.1, 0.15) is 5.58 Å². The van der Waals surface area contributed by atoms with Crippen molar-refractivity contribution in [2.75, 3.05) is 0 Å². The average Bonchev–Trinajstić information content (AvgIpc) is 3.62. The van der Waals surface area contributed by atoms with Gasteiger partial charge in [0, 0.05) is 58.4 Å². The Hall–Kier alpha value is -4.41. The molecule has 4 aromatic heterocycles. The summed E-state index contributed by atoms with van der Waals surface area (Å²) in [6.07, 6.45) is 3.96. The Kier molecular flexibility index (Phi) is 10.4. The van der Waals surface area contributed by atoms with E-state index in [2.05, 4.69) is 147 Å². The Morgan fingerprint density at radius 2 is 1.40 bits per heavy atom. The zero-order valence-electron chi connectivity index (χ0n) is 31.6. The number of aromatic nitrogens is 2. The number of aryl methyl sites for hydroxylation is 7. The van der Waals surface area contributed by atoms with Gasteiger partial charge in [0.25, 0.3) is 0 Å². The van der Waals surface area contributed by atoms with Gasteiger partial charge in [0.2, 0.25) is 0 Å². The largest absolute Gasteiger partial charge is 0.500 e. The molecule has 8 rings (SSSR count). The molecule has 0 aliphatic rings. The maximum Gasteiger partial charge on any atom is 0.129 e. The maximum atomic E-state index is 6.66. The summed E-state index contributed by atoms with van der Waals surface area (Å²) < 4.78 is 7.93. The summed E-state index contributed by atoms with van der Waals surface area (Å²) in [4.78, 5) is 10.7. The van der Waals surface area contributed by atoms with E-state index in [1.165, 1.54) is 65.0 Å².